The van der Waals surface area contributed by atoms with E-state index in [0.717, 1.165) is 18.5 Å². The second kappa shape index (κ2) is 10.3. The van der Waals surface area contributed by atoms with Crippen LogP contribution in [0.4, 0.5) is 5.69 Å². The Bertz CT molecular complexity index is 767. The molecular formula is C22H31N5O4. The number of para-hydroxylation sites is 1. The van der Waals surface area contributed by atoms with Gasteiger partial charge >= 0.3 is 0 Å². The average molecular weight is 430 g/mol. The number of primary amides is 2. The highest BCUT2D eigenvalue weighted by molar-refractivity contribution is 5.87. The van der Waals surface area contributed by atoms with Gasteiger partial charge in [0, 0.05) is 31.9 Å². The number of benzene rings is 1. The van der Waals surface area contributed by atoms with E-state index in [-0.39, 0.29) is 48.6 Å². The van der Waals surface area contributed by atoms with E-state index in [2.05, 4.69) is 0 Å². The lowest BCUT2D eigenvalue weighted by Gasteiger charge is -2.35. The van der Waals surface area contributed by atoms with Gasteiger partial charge in [-0.1, -0.05) is 18.2 Å². The molecule has 3 rings (SSSR count). The summed E-state index contributed by atoms with van der Waals surface area (Å²) in [5.74, 6) is -1.72. The zero-order valence-electron chi connectivity index (χ0n) is 17.7. The summed E-state index contributed by atoms with van der Waals surface area (Å²) in [6.07, 6.45) is 2.84. The maximum absolute atomic E-state index is 13.0. The third kappa shape index (κ3) is 5.96. The van der Waals surface area contributed by atoms with Gasteiger partial charge in [0.2, 0.25) is 23.6 Å². The number of rotatable bonds is 7. The number of amides is 4. The number of hydrogen-bond acceptors (Lipinski definition) is 5. The van der Waals surface area contributed by atoms with Crippen LogP contribution < -0.4 is 16.4 Å². The van der Waals surface area contributed by atoms with Gasteiger partial charge in [-0.15, -0.1) is 0 Å². The van der Waals surface area contributed by atoms with E-state index < -0.39 is 0 Å². The molecule has 2 heterocycles. The second-order valence-corrected chi connectivity index (χ2v) is 8.35. The molecule has 4 N–H and O–H groups in total. The monoisotopic (exact) mass is 429 g/mol. The molecule has 0 spiro atoms. The van der Waals surface area contributed by atoms with E-state index in [9.17, 15) is 19.2 Å². The Balaban J connectivity index is 1.69. The molecule has 1 aromatic carbocycles. The van der Waals surface area contributed by atoms with Crippen molar-refractivity contribution in [1.82, 2.24) is 9.80 Å². The number of piperidine rings is 2. The molecule has 2 saturated heterocycles. The first kappa shape index (κ1) is 22.6. The van der Waals surface area contributed by atoms with Gasteiger partial charge < -0.3 is 26.2 Å². The molecule has 0 saturated carbocycles. The lowest BCUT2D eigenvalue weighted by atomic mass is 9.97. The Labute approximate surface area is 182 Å². The molecule has 2 unspecified atom stereocenters. The first-order chi connectivity index (χ1) is 14.8. The van der Waals surface area contributed by atoms with Crippen LogP contribution in [0.15, 0.2) is 30.3 Å². The normalized spacial score (nSPS) is 21.4. The van der Waals surface area contributed by atoms with Gasteiger partial charge in [-0.25, -0.2) is 0 Å². The summed E-state index contributed by atoms with van der Waals surface area (Å²) < 4.78 is 0. The van der Waals surface area contributed by atoms with Crippen molar-refractivity contribution in [2.24, 2.45) is 23.3 Å². The average Bonchev–Trinajstić information content (AvgIpc) is 2.79. The lowest BCUT2D eigenvalue weighted by molar-refractivity contribution is -0.133. The fraction of sp³-hybridized carbons (Fsp3) is 0.545. The number of carbonyl (C=O) groups is 4. The number of anilines is 1. The third-order valence-electron chi connectivity index (χ3n) is 6.13. The van der Waals surface area contributed by atoms with Crippen molar-refractivity contribution in [2.45, 2.75) is 25.7 Å². The van der Waals surface area contributed by atoms with Crippen LogP contribution in [0.25, 0.3) is 0 Å². The van der Waals surface area contributed by atoms with Crippen molar-refractivity contribution in [3.63, 3.8) is 0 Å². The maximum atomic E-state index is 13.0. The van der Waals surface area contributed by atoms with Crippen molar-refractivity contribution < 1.29 is 19.2 Å². The van der Waals surface area contributed by atoms with Crippen LogP contribution in [-0.2, 0) is 19.2 Å². The number of nitrogens with two attached hydrogens (primary N) is 2. The van der Waals surface area contributed by atoms with Crippen molar-refractivity contribution in [3.8, 4) is 0 Å². The Morgan fingerprint density at radius 1 is 0.806 bits per heavy atom. The quantitative estimate of drug-likeness (QED) is 0.627. The molecule has 2 aliphatic heterocycles. The molecule has 9 heteroatoms. The summed E-state index contributed by atoms with van der Waals surface area (Å²) >= 11 is 0. The standard InChI is InChI=1S/C22H31N5O4/c23-21(30)16-6-4-10-25(12-16)19(28)14-27(18-8-2-1-3-9-18)15-20(29)26-11-5-7-17(13-26)22(24)31/h1-3,8-9,16-17H,4-7,10-15H2,(H2,23,30)(H2,24,31). The maximum Gasteiger partial charge on any atom is 0.242 e. The topological polar surface area (TPSA) is 130 Å². The number of carbonyl (C=O) groups excluding carboxylic acids is 4. The molecule has 0 bridgehead atoms. The van der Waals surface area contributed by atoms with Crippen LogP contribution >= 0.6 is 0 Å². The van der Waals surface area contributed by atoms with Crippen molar-refractivity contribution in [2.75, 3.05) is 44.2 Å². The zero-order valence-corrected chi connectivity index (χ0v) is 17.7. The molecule has 0 aromatic heterocycles. The minimum atomic E-state index is -0.387. The van der Waals surface area contributed by atoms with E-state index in [0.29, 0.717) is 39.0 Å². The molecule has 0 radical (unpaired) electrons. The minimum absolute atomic E-state index is 0.0221. The highest BCUT2D eigenvalue weighted by Crippen LogP contribution is 2.20. The van der Waals surface area contributed by atoms with Crippen LogP contribution in [0.2, 0.25) is 0 Å². The Kier molecular flexibility index (Phi) is 7.49. The summed E-state index contributed by atoms with van der Waals surface area (Å²) in [7, 11) is 0. The van der Waals surface area contributed by atoms with E-state index in [4.69, 9.17) is 11.5 Å². The Morgan fingerprint density at radius 3 is 1.68 bits per heavy atom. The summed E-state index contributed by atoms with van der Waals surface area (Å²) in [4.78, 5) is 54.1. The molecule has 168 valence electrons. The molecule has 31 heavy (non-hydrogen) atoms. The molecule has 4 amide bonds. The van der Waals surface area contributed by atoms with Gasteiger partial charge in [0.1, 0.15) is 0 Å². The highest BCUT2D eigenvalue weighted by Gasteiger charge is 2.30. The van der Waals surface area contributed by atoms with E-state index in [1.54, 1.807) is 14.7 Å². The van der Waals surface area contributed by atoms with E-state index in [1.165, 1.54) is 0 Å². The summed E-state index contributed by atoms with van der Waals surface area (Å²) in [5.41, 5.74) is 11.6. The summed E-state index contributed by atoms with van der Waals surface area (Å²) in [6, 6.07) is 9.28. The third-order valence-corrected chi connectivity index (χ3v) is 6.13. The summed E-state index contributed by atoms with van der Waals surface area (Å²) in [6.45, 7) is 1.83. The molecule has 2 fully saturated rings. The van der Waals surface area contributed by atoms with Crippen LogP contribution in [-0.4, -0.2) is 72.7 Å². The highest BCUT2D eigenvalue weighted by atomic mass is 16.2. The smallest absolute Gasteiger partial charge is 0.242 e. The molecule has 2 atom stereocenters. The number of likely N-dealkylation sites (tertiary alicyclic amines) is 2. The van der Waals surface area contributed by atoms with Gasteiger partial charge in [0.15, 0.2) is 0 Å². The first-order valence-corrected chi connectivity index (χ1v) is 10.8. The molecule has 2 aliphatic rings. The van der Waals surface area contributed by atoms with Gasteiger partial charge in [-0.3, -0.25) is 19.2 Å². The van der Waals surface area contributed by atoms with Gasteiger partial charge in [-0.2, -0.15) is 0 Å². The predicted octanol–water partition coefficient (Wildman–Crippen LogP) is -0.0592. The van der Waals surface area contributed by atoms with Crippen LogP contribution in [0.3, 0.4) is 0 Å². The first-order valence-electron chi connectivity index (χ1n) is 10.8. The van der Waals surface area contributed by atoms with Crippen molar-refractivity contribution in [3.05, 3.63) is 30.3 Å². The van der Waals surface area contributed by atoms with Crippen LogP contribution in [0, 0.1) is 11.8 Å². The van der Waals surface area contributed by atoms with Crippen LogP contribution in [0.1, 0.15) is 25.7 Å². The van der Waals surface area contributed by atoms with E-state index >= 15 is 0 Å². The molecule has 0 aliphatic carbocycles. The fourth-order valence-electron chi connectivity index (χ4n) is 4.28. The van der Waals surface area contributed by atoms with Crippen LogP contribution in [0.5, 0.6) is 0 Å². The fourth-order valence-corrected chi connectivity index (χ4v) is 4.28. The Morgan fingerprint density at radius 2 is 1.26 bits per heavy atom. The van der Waals surface area contributed by atoms with E-state index in [1.807, 2.05) is 30.3 Å². The van der Waals surface area contributed by atoms with Crippen molar-refractivity contribution >= 4 is 29.3 Å². The molecule has 9 nitrogen and oxygen atoms in total. The van der Waals surface area contributed by atoms with Gasteiger partial charge in [0.25, 0.3) is 0 Å². The zero-order chi connectivity index (χ0) is 22.4. The van der Waals surface area contributed by atoms with Gasteiger partial charge in [-0.05, 0) is 37.8 Å². The molecule has 1 aromatic rings. The van der Waals surface area contributed by atoms with Gasteiger partial charge in [0.05, 0.1) is 24.9 Å². The molecular weight excluding hydrogens is 398 g/mol. The number of hydrogen-bond donors (Lipinski definition) is 2. The lowest BCUT2D eigenvalue weighted by Crippen LogP contribution is -2.51. The predicted molar refractivity (Wildman–Crippen MR) is 116 cm³/mol. The SMILES string of the molecule is NC(=O)C1CCCN(C(=O)CN(CC(=O)N2CCCC(C(N)=O)C2)c2ccccc2)C1. The van der Waals surface area contributed by atoms with Crippen molar-refractivity contribution in [1.29, 1.82) is 0 Å². The number of nitrogens with zero attached hydrogens (tertiary/aromatic N) is 3. The summed E-state index contributed by atoms with van der Waals surface area (Å²) in [5, 5.41) is 0. The Hall–Kier alpha value is -3.10. The minimum Gasteiger partial charge on any atom is -0.369 e. The largest absolute Gasteiger partial charge is 0.369 e. The second-order valence-electron chi connectivity index (χ2n) is 8.35.